The molecule has 2 aromatic carbocycles. The van der Waals surface area contributed by atoms with Crippen molar-refractivity contribution in [3.63, 3.8) is 0 Å². The predicted molar refractivity (Wildman–Crippen MR) is 199 cm³/mol. The van der Waals surface area contributed by atoms with Crippen molar-refractivity contribution in [3.05, 3.63) is 59.7 Å². The number of hydrogen-bond acceptors (Lipinski definition) is 6. The van der Waals surface area contributed by atoms with E-state index in [4.69, 9.17) is 9.47 Å². The molecule has 0 aliphatic carbocycles. The molecular weight excluding hydrogens is 596 g/mol. The molecule has 48 heavy (non-hydrogen) atoms. The van der Waals surface area contributed by atoms with Gasteiger partial charge in [-0.25, -0.2) is 0 Å². The zero-order chi connectivity index (χ0) is 33.8. The number of rotatable bonds is 21. The van der Waals surface area contributed by atoms with Crippen molar-refractivity contribution in [2.24, 2.45) is 11.8 Å². The summed E-state index contributed by atoms with van der Waals surface area (Å²) in [6.07, 6.45) is 17.7. The molecule has 6 nitrogen and oxygen atoms in total. The van der Waals surface area contributed by atoms with Gasteiger partial charge in [-0.3, -0.25) is 0 Å². The molecule has 0 bridgehead atoms. The highest BCUT2D eigenvalue weighted by Gasteiger charge is 2.29. The van der Waals surface area contributed by atoms with E-state index in [1.807, 2.05) is 24.3 Å². The van der Waals surface area contributed by atoms with Crippen LogP contribution in [0.4, 0.5) is 0 Å². The van der Waals surface area contributed by atoms with Crippen molar-refractivity contribution < 1.29 is 19.7 Å². The second-order valence-corrected chi connectivity index (χ2v) is 14.7. The highest BCUT2D eigenvalue weighted by molar-refractivity contribution is 5.30. The van der Waals surface area contributed by atoms with Crippen molar-refractivity contribution in [3.8, 4) is 11.5 Å². The van der Waals surface area contributed by atoms with Gasteiger partial charge in [0.05, 0.1) is 25.4 Å². The standard InChI is InChI=1S/C42H68N2O4/c1-3-5-15-31-47-39-23-19-35(20-24-39)41(45)37(33-43-27-11-7-8-12-28-43)17-18-38(34-44-29-13-9-10-14-30-44)42(46)36-21-25-40(26-22-36)48-32-16-6-4-2/h19-26,37-38,41-42,45-46H,3-18,27-34H2,1-2H3/t37-,38+,41-,42-/m1/s1. The van der Waals surface area contributed by atoms with Gasteiger partial charge in [-0.15, -0.1) is 0 Å². The summed E-state index contributed by atoms with van der Waals surface area (Å²) in [5.74, 6) is 1.95. The van der Waals surface area contributed by atoms with Crippen LogP contribution in [-0.2, 0) is 0 Å². The van der Waals surface area contributed by atoms with Crippen molar-refractivity contribution in [2.45, 2.75) is 129 Å². The number of unbranched alkanes of at least 4 members (excludes halogenated alkanes) is 4. The number of aliphatic hydroxyl groups excluding tert-OH is 2. The first-order valence-electron chi connectivity index (χ1n) is 19.8. The third kappa shape index (κ3) is 13.7. The van der Waals surface area contributed by atoms with Gasteiger partial charge in [0.25, 0.3) is 0 Å². The molecule has 6 heteroatoms. The zero-order valence-electron chi connectivity index (χ0n) is 30.5. The first-order chi connectivity index (χ1) is 23.6. The first kappa shape index (κ1) is 38.7. The molecule has 0 aromatic heterocycles. The van der Waals surface area contributed by atoms with Gasteiger partial charge in [-0.2, -0.15) is 0 Å². The second kappa shape index (κ2) is 22.6. The van der Waals surface area contributed by atoms with Gasteiger partial charge in [0, 0.05) is 24.9 Å². The molecule has 0 spiro atoms. The molecular formula is C42H68N2O4. The Morgan fingerprint density at radius 2 is 0.875 bits per heavy atom. The minimum absolute atomic E-state index is 0.0946. The van der Waals surface area contributed by atoms with Crippen molar-refractivity contribution in [2.75, 3.05) is 52.5 Å². The molecule has 2 aromatic rings. The third-order valence-electron chi connectivity index (χ3n) is 10.7. The average Bonchev–Trinajstić information content (AvgIpc) is 3.55. The summed E-state index contributed by atoms with van der Waals surface area (Å²) in [6.45, 7) is 12.1. The van der Waals surface area contributed by atoms with Crippen LogP contribution >= 0.6 is 0 Å². The molecule has 0 radical (unpaired) electrons. The quantitative estimate of drug-likeness (QED) is 0.130. The third-order valence-corrected chi connectivity index (χ3v) is 10.7. The van der Waals surface area contributed by atoms with Crippen LogP contribution in [0.1, 0.15) is 140 Å². The van der Waals surface area contributed by atoms with Gasteiger partial charge < -0.3 is 29.5 Å². The molecule has 4 atom stereocenters. The van der Waals surface area contributed by atoms with Crippen LogP contribution in [0.5, 0.6) is 11.5 Å². The van der Waals surface area contributed by atoms with Crippen molar-refractivity contribution in [1.82, 2.24) is 9.80 Å². The monoisotopic (exact) mass is 665 g/mol. The lowest BCUT2D eigenvalue weighted by atomic mass is 9.84. The minimum atomic E-state index is -0.553. The summed E-state index contributed by atoms with van der Waals surface area (Å²) < 4.78 is 11.9. The largest absolute Gasteiger partial charge is 0.494 e. The summed E-state index contributed by atoms with van der Waals surface area (Å²) in [5.41, 5.74) is 1.93. The fraction of sp³-hybridized carbons (Fsp3) is 0.714. The van der Waals surface area contributed by atoms with Crippen molar-refractivity contribution in [1.29, 1.82) is 0 Å². The van der Waals surface area contributed by atoms with Gasteiger partial charge in [-0.1, -0.05) is 89.5 Å². The zero-order valence-corrected chi connectivity index (χ0v) is 30.5. The molecule has 2 aliphatic heterocycles. The summed E-state index contributed by atoms with van der Waals surface area (Å²) in [6, 6.07) is 16.3. The molecule has 2 N–H and O–H groups in total. The highest BCUT2D eigenvalue weighted by Crippen LogP contribution is 2.34. The number of hydrogen-bond donors (Lipinski definition) is 2. The van der Waals surface area contributed by atoms with E-state index in [0.29, 0.717) is 0 Å². The van der Waals surface area contributed by atoms with Crippen LogP contribution in [-0.4, -0.2) is 72.5 Å². The Kier molecular flexibility index (Phi) is 18.2. The van der Waals surface area contributed by atoms with Gasteiger partial charge >= 0.3 is 0 Å². The number of ether oxygens (including phenoxy) is 2. The first-order valence-corrected chi connectivity index (χ1v) is 19.8. The number of aliphatic hydroxyl groups is 2. The van der Waals surface area contributed by atoms with Crippen molar-refractivity contribution >= 4 is 0 Å². The van der Waals surface area contributed by atoms with E-state index in [1.54, 1.807) is 0 Å². The molecule has 2 saturated heterocycles. The normalized spacial score (nSPS) is 19.2. The Balaban J connectivity index is 1.47. The maximum Gasteiger partial charge on any atom is 0.119 e. The fourth-order valence-electron chi connectivity index (χ4n) is 7.58. The number of likely N-dealkylation sites (tertiary alicyclic amines) is 2. The van der Waals surface area contributed by atoms with E-state index < -0.39 is 12.2 Å². The molecule has 270 valence electrons. The Morgan fingerprint density at radius 3 is 1.21 bits per heavy atom. The molecule has 2 aliphatic rings. The Hall–Kier alpha value is -2.12. The number of nitrogens with zero attached hydrogens (tertiary/aromatic N) is 2. The molecule has 0 amide bonds. The molecule has 2 heterocycles. The molecule has 0 unspecified atom stereocenters. The smallest absolute Gasteiger partial charge is 0.119 e. The van der Waals surface area contributed by atoms with Crippen LogP contribution in [0.15, 0.2) is 48.5 Å². The lowest BCUT2D eigenvalue weighted by Gasteiger charge is -2.34. The van der Waals surface area contributed by atoms with Gasteiger partial charge in [0.2, 0.25) is 0 Å². The summed E-state index contributed by atoms with van der Waals surface area (Å²) in [7, 11) is 0. The SMILES string of the molecule is CCCCCOc1ccc([C@@H](O)[C@H](CC[C@@H](CN2CCCCCC2)[C@H](O)c2ccc(OCCCCC)cc2)CN2CCCCCC2)cc1. The predicted octanol–water partition coefficient (Wildman–Crippen LogP) is 9.36. The van der Waals surface area contributed by atoms with E-state index in [9.17, 15) is 10.2 Å². The summed E-state index contributed by atoms with van der Waals surface area (Å²) in [5, 5.41) is 23.9. The lowest BCUT2D eigenvalue weighted by molar-refractivity contribution is 0.0449. The van der Waals surface area contributed by atoms with E-state index in [2.05, 4.69) is 47.9 Å². The topological polar surface area (TPSA) is 65.4 Å². The highest BCUT2D eigenvalue weighted by atomic mass is 16.5. The lowest BCUT2D eigenvalue weighted by Crippen LogP contribution is -2.36. The number of benzene rings is 2. The molecule has 0 saturated carbocycles. The van der Waals surface area contributed by atoms with Crippen LogP contribution in [0.25, 0.3) is 0 Å². The Morgan fingerprint density at radius 1 is 0.521 bits per heavy atom. The Labute approximate surface area is 293 Å². The van der Waals surface area contributed by atoms with E-state index in [0.717, 1.165) is 101 Å². The molecule has 2 fully saturated rings. The maximum absolute atomic E-state index is 11.9. The average molecular weight is 665 g/mol. The van der Waals surface area contributed by atoms with Crippen LogP contribution in [0, 0.1) is 11.8 Å². The van der Waals surface area contributed by atoms with Crippen LogP contribution in [0.2, 0.25) is 0 Å². The molecule has 4 rings (SSSR count). The van der Waals surface area contributed by atoms with E-state index in [-0.39, 0.29) is 11.8 Å². The van der Waals surface area contributed by atoms with Crippen LogP contribution < -0.4 is 9.47 Å². The minimum Gasteiger partial charge on any atom is -0.494 e. The summed E-state index contributed by atoms with van der Waals surface area (Å²) in [4.78, 5) is 5.18. The summed E-state index contributed by atoms with van der Waals surface area (Å²) >= 11 is 0. The van der Waals surface area contributed by atoms with Gasteiger partial charge in [0.15, 0.2) is 0 Å². The van der Waals surface area contributed by atoms with Gasteiger partial charge in [0.1, 0.15) is 11.5 Å². The van der Waals surface area contributed by atoms with Crippen LogP contribution in [0.3, 0.4) is 0 Å². The second-order valence-electron chi connectivity index (χ2n) is 14.7. The van der Waals surface area contributed by atoms with E-state index >= 15 is 0 Å². The van der Waals surface area contributed by atoms with E-state index in [1.165, 1.54) is 77.0 Å². The Bertz CT molecular complexity index is 990. The maximum atomic E-state index is 11.9. The fourth-order valence-corrected chi connectivity index (χ4v) is 7.58. The van der Waals surface area contributed by atoms with Gasteiger partial charge in [-0.05, 0) is 113 Å².